The van der Waals surface area contributed by atoms with Crippen molar-refractivity contribution in [2.45, 2.75) is 18.9 Å². The summed E-state index contributed by atoms with van der Waals surface area (Å²) in [5.74, 6) is -0.0660. The molecule has 0 bridgehead atoms. The Morgan fingerprint density at radius 3 is 2.62 bits per heavy atom. The van der Waals surface area contributed by atoms with E-state index in [9.17, 15) is 4.79 Å². The number of hydrogen-bond donors (Lipinski definition) is 2. The van der Waals surface area contributed by atoms with E-state index >= 15 is 0 Å². The van der Waals surface area contributed by atoms with Gasteiger partial charge in [0.05, 0.1) is 0 Å². The average molecular weight is 328 g/mol. The van der Waals surface area contributed by atoms with Crippen molar-refractivity contribution in [2.75, 3.05) is 13.1 Å². The molecule has 21 heavy (non-hydrogen) atoms. The van der Waals surface area contributed by atoms with E-state index in [4.69, 9.17) is 0 Å². The second-order valence-electron chi connectivity index (χ2n) is 4.88. The van der Waals surface area contributed by atoms with E-state index in [1.54, 1.807) is 6.20 Å². The van der Waals surface area contributed by atoms with Crippen molar-refractivity contribution in [1.29, 1.82) is 0 Å². The summed E-state index contributed by atoms with van der Waals surface area (Å²) in [7, 11) is 0. The number of amides is 1. The number of hydrogen-bond acceptors (Lipinski definition) is 3. The first-order valence-electron chi connectivity index (χ1n) is 6.70. The lowest BCUT2D eigenvalue weighted by Crippen LogP contribution is -2.43. The van der Waals surface area contributed by atoms with Crippen LogP contribution in [0.1, 0.15) is 23.3 Å². The molecule has 0 saturated carbocycles. The van der Waals surface area contributed by atoms with Crippen LogP contribution in [0.5, 0.6) is 0 Å². The van der Waals surface area contributed by atoms with Crippen molar-refractivity contribution in [3.05, 3.63) is 42.2 Å². The van der Waals surface area contributed by atoms with E-state index in [-0.39, 0.29) is 36.8 Å². The van der Waals surface area contributed by atoms with Crippen LogP contribution >= 0.6 is 24.8 Å². The number of fused-ring (bicyclic) bond motifs is 1. The minimum atomic E-state index is -0.0660. The molecule has 0 atom stereocenters. The van der Waals surface area contributed by atoms with Crippen LogP contribution in [0.15, 0.2) is 36.5 Å². The largest absolute Gasteiger partial charge is 0.348 e. The van der Waals surface area contributed by atoms with Crippen molar-refractivity contribution in [3.8, 4) is 0 Å². The molecule has 0 radical (unpaired) electrons. The molecule has 0 spiro atoms. The predicted octanol–water partition coefficient (Wildman–Crippen LogP) is 2.56. The number of piperidine rings is 1. The molecule has 1 amide bonds. The number of carbonyl (C=O) groups is 1. The summed E-state index contributed by atoms with van der Waals surface area (Å²) in [5.41, 5.74) is 0.525. The van der Waals surface area contributed by atoms with E-state index in [0.29, 0.717) is 5.69 Å². The van der Waals surface area contributed by atoms with Gasteiger partial charge in [-0.05, 0) is 37.4 Å². The predicted molar refractivity (Wildman–Crippen MR) is 89.6 cm³/mol. The first-order valence-corrected chi connectivity index (χ1v) is 6.70. The van der Waals surface area contributed by atoms with Gasteiger partial charge in [-0.2, -0.15) is 0 Å². The molecule has 4 nitrogen and oxygen atoms in total. The van der Waals surface area contributed by atoms with Gasteiger partial charge < -0.3 is 10.6 Å². The van der Waals surface area contributed by atoms with Gasteiger partial charge in [0.2, 0.25) is 0 Å². The zero-order chi connectivity index (χ0) is 13.1. The van der Waals surface area contributed by atoms with E-state index < -0.39 is 0 Å². The Hall–Kier alpha value is -1.36. The van der Waals surface area contributed by atoms with Gasteiger partial charge >= 0.3 is 0 Å². The highest BCUT2D eigenvalue weighted by Gasteiger charge is 2.18. The molecular formula is C15H19Cl2N3O. The molecule has 1 saturated heterocycles. The van der Waals surface area contributed by atoms with Crippen LogP contribution in [0.4, 0.5) is 0 Å². The summed E-state index contributed by atoms with van der Waals surface area (Å²) in [5, 5.41) is 8.34. The summed E-state index contributed by atoms with van der Waals surface area (Å²) in [6.07, 6.45) is 3.66. The summed E-state index contributed by atoms with van der Waals surface area (Å²) < 4.78 is 0. The number of benzene rings is 1. The molecule has 2 heterocycles. The first-order chi connectivity index (χ1) is 9.34. The Morgan fingerprint density at radius 2 is 1.86 bits per heavy atom. The molecule has 3 rings (SSSR count). The zero-order valence-corrected chi connectivity index (χ0v) is 13.2. The highest BCUT2D eigenvalue weighted by Crippen LogP contribution is 2.16. The Kier molecular flexibility index (Phi) is 6.89. The third-order valence-electron chi connectivity index (χ3n) is 3.56. The standard InChI is InChI=1S/C15H17N3O.2ClH/c19-15(18-12-6-8-16-9-7-12)14-13-4-2-1-3-11(13)5-10-17-14;;/h1-5,10,12,16H,6-9H2,(H,18,19);2*1H. The minimum Gasteiger partial charge on any atom is -0.348 e. The quantitative estimate of drug-likeness (QED) is 0.891. The Morgan fingerprint density at radius 1 is 1.14 bits per heavy atom. The summed E-state index contributed by atoms with van der Waals surface area (Å²) >= 11 is 0. The van der Waals surface area contributed by atoms with Crippen LogP contribution in [0.3, 0.4) is 0 Å². The SMILES string of the molecule is Cl.Cl.O=C(NC1CCNCC1)c1nccc2ccccc12. The van der Waals surface area contributed by atoms with E-state index in [2.05, 4.69) is 15.6 Å². The van der Waals surface area contributed by atoms with Gasteiger partial charge in [-0.3, -0.25) is 9.78 Å². The highest BCUT2D eigenvalue weighted by molar-refractivity contribution is 6.05. The maximum atomic E-state index is 12.3. The fourth-order valence-electron chi connectivity index (χ4n) is 2.52. The van der Waals surface area contributed by atoms with Crippen LogP contribution < -0.4 is 10.6 Å². The Bertz CT molecular complexity index is 595. The second kappa shape index (κ2) is 8.17. The van der Waals surface area contributed by atoms with E-state index in [0.717, 1.165) is 36.7 Å². The van der Waals surface area contributed by atoms with Crippen molar-refractivity contribution in [1.82, 2.24) is 15.6 Å². The van der Waals surface area contributed by atoms with Gasteiger partial charge in [0.15, 0.2) is 0 Å². The maximum absolute atomic E-state index is 12.3. The Balaban J connectivity index is 0.00000110. The topological polar surface area (TPSA) is 54.0 Å². The smallest absolute Gasteiger partial charge is 0.270 e. The number of carbonyl (C=O) groups excluding carboxylic acids is 1. The van der Waals surface area contributed by atoms with Gasteiger partial charge in [-0.15, -0.1) is 24.8 Å². The van der Waals surface area contributed by atoms with Crippen molar-refractivity contribution < 1.29 is 4.79 Å². The van der Waals surface area contributed by atoms with Crippen LogP contribution in [0.2, 0.25) is 0 Å². The van der Waals surface area contributed by atoms with Gasteiger partial charge in [0.25, 0.3) is 5.91 Å². The molecule has 1 aliphatic heterocycles. The number of pyridine rings is 1. The van der Waals surface area contributed by atoms with Gasteiger partial charge in [-0.25, -0.2) is 0 Å². The molecule has 0 unspecified atom stereocenters. The number of aromatic nitrogens is 1. The van der Waals surface area contributed by atoms with Crippen LogP contribution in [0.25, 0.3) is 10.8 Å². The molecule has 6 heteroatoms. The van der Waals surface area contributed by atoms with Gasteiger partial charge in [-0.1, -0.05) is 24.3 Å². The molecule has 2 aromatic rings. The summed E-state index contributed by atoms with van der Waals surface area (Å²) in [6, 6.07) is 10.0. The lowest BCUT2D eigenvalue weighted by Gasteiger charge is -2.23. The van der Waals surface area contributed by atoms with Gasteiger partial charge in [0.1, 0.15) is 5.69 Å². The third kappa shape index (κ3) is 4.06. The maximum Gasteiger partial charge on any atom is 0.270 e. The number of nitrogens with zero attached hydrogens (tertiary/aromatic N) is 1. The van der Waals surface area contributed by atoms with E-state index in [1.165, 1.54) is 0 Å². The lowest BCUT2D eigenvalue weighted by atomic mass is 10.1. The molecule has 1 fully saturated rings. The summed E-state index contributed by atoms with van der Waals surface area (Å²) in [6.45, 7) is 1.93. The fraction of sp³-hybridized carbons (Fsp3) is 0.333. The number of nitrogens with one attached hydrogen (secondary N) is 2. The van der Waals surface area contributed by atoms with Crippen LogP contribution in [0, 0.1) is 0 Å². The minimum absolute atomic E-state index is 0. The normalized spacial score (nSPS) is 14.9. The van der Waals surface area contributed by atoms with Crippen LogP contribution in [-0.2, 0) is 0 Å². The number of rotatable bonds is 2. The molecule has 2 N–H and O–H groups in total. The molecule has 114 valence electrons. The first kappa shape index (κ1) is 17.7. The summed E-state index contributed by atoms with van der Waals surface area (Å²) in [4.78, 5) is 16.6. The molecule has 1 aromatic heterocycles. The molecular weight excluding hydrogens is 309 g/mol. The van der Waals surface area contributed by atoms with Crippen LogP contribution in [-0.4, -0.2) is 30.0 Å². The number of halogens is 2. The molecule has 0 aliphatic carbocycles. The van der Waals surface area contributed by atoms with Crippen molar-refractivity contribution in [2.24, 2.45) is 0 Å². The monoisotopic (exact) mass is 327 g/mol. The van der Waals surface area contributed by atoms with Crippen molar-refractivity contribution >= 4 is 41.5 Å². The molecule has 1 aromatic carbocycles. The van der Waals surface area contributed by atoms with Crippen molar-refractivity contribution in [3.63, 3.8) is 0 Å². The zero-order valence-electron chi connectivity index (χ0n) is 11.5. The fourth-order valence-corrected chi connectivity index (χ4v) is 2.52. The second-order valence-corrected chi connectivity index (χ2v) is 4.88. The average Bonchev–Trinajstić information content (AvgIpc) is 2.47. The Labute approximate surface area is 136 Å². The highest BCUT2D eigenvalue weighted by atomic mass is 35.5. The third-order valence-corrected chi connectivity index (χ3v) is 3.56. The van der Waals surface area contributed by atoms with E-state index in [1.807, 2.05) is 30.3 Å². The van der Waals surface area contributed by atoms with Gasteiger partial charge in [0, 0.05) is 17.6 Å². The molecule has 1 aliphatic rings. The lowest BCUT2D eigenvalue weighted by molar-refractivity contribution is 0.0926.